The van der Waals surface area contributed by atoms with Crippen molar-refractivity contribution in [2.24, 2.45) is 11.7 Å². The van der Waals surface area contributed by atoms with E-state index in [1.165, 1.54) is 19.4 Å². The molecule has 1 rings (SSSR count). The number of aliphatic carboxylic acids is 1. The van der Waals surface area contributed by atoms with Gasteiger partial charge in [0.2, 0.25) is 17.7 Å². The number of imidazole rings is 1. The van der Waals surface area contributed by atoms with Gasteiger partial charge in [-0.2, -0.15) is 0 Å². The zero-order valence-electron chi connectivity index (χ0n) is 17.5. The summed E-state index contributed by atoms with van der Waals surface area (Å²) in [4.78, 5) is 55.0. The molecule has 9 N–H and O–H groups in total. The molecule has 0 spiro atoms. The molecule has 0 aliphatic rings. The average molecular weight is 442 g/mol. The third kappa shape index (κ3) is 7.96. The Hall–Kier alpha value is -3.03. The van der Waals surface area contributed by atoms with Crippen molar-refractivity contribution in [3.05, 3.63) is 18.2 Å². The quantitative estimate of drug-likeness (QED) is 0.163. The highest BCUT2D eigenvalue weighted by atomic mass is 16.4. The van der Waals surface area contributed by atoms with E-state index in [2.05, 4.69) is 25.9 Å². The number of hydrogen-bond donors (Lipinski definition) is 8. The lowest BCUT2D eigenvalue weighted by atomic mass is 10.0. The average Bonchev–Trinajstić information content (AvgIpc) is 3.19. The fraction of sp³-hybridized carbons (Fsp3) is 0.611. The fourth-order valence-electron chi connectivity index (χ4n) is 2.61. The summed E-state index contributed by atoms with van der Waals surface area (Å²) in [5.41, 5.74) is 6.38. The number of carbonyl (C=O) groups is 4. The van der Waals surface area contributed by atoms with Gasteiger partial charge in [-0.15, -0.1) is 0 Å². The molecule has 1 aromatic rings. The lowest BCUT2D eigenvalue weighted by Crippen LogP contribution is -2.61. The van der Waals surface area contributed by atoms with Crippen LogP contribution in [-0.2, 0) is 25.6 Å². The maximum Gasteiger partial charge on any atom is 0.326 e. The van der Waals surface area contributed by atoms with Gasteiger partial charge in [-0.05, 0) is 12.8 Å². The van der Waals surface area contributed by atoms with Crippen molar-refractivity contribution in [3.63, 3.8) is 0 Å². The Balaban J connectivity index is 2.78. The second-order valence-corrected chi connectivity index (χ2v) is 7.43. The first-order chi connectivity index (χ1) is 14.5. The van der Waals surface area contributed by atoms with E-state index in [1.807, 2.05) is 0 Å². The van der Waals surface area contributed by atoms with Crippen molar-refractivity contribution in [3.8, 4) is 0 Å². The summed E-state index contributed by atoms with van der Waals surface area (Å²) in [5.74, 6) is -4.34. The largest absolute Gasteiger partial charge is 0.480 e. The fourth-order valence-corrected chi connectivity index (χ4v) is 2.61. The van der Waals surface area contributed by atoms with Crippen LogP contribution in [-0.4, -0.2) is 85.9 Å². The predicted octanol–water partition coefficient (Wildman–Crippen LogP) is -3.15. The number of nitrogens with two attached hydrogens (primary N) is 1. The minimum Gasteiger partial charge on any atom is -0.480 e. The number of amides is 3. The first-order valence-electron chi connectivity index (χ1n) is 9.63. The molecule has 3 amide bonds. The number of nitrogens with one attached hydrogen (secondary N) is 4. The zero-order valence-corrected chi connectivity index (χ0v) is 17.5. The molecule has 1 heterocycles. The van der Waals surface area contributed by atoms with Crippen LogP contribution < -0.4 is 21.7 Å². The molecule has 1 aromatic heterocycles. The molecular formula is C18H30N6O7. The normalized spacial score (nSPS) is 16.0. The first-order valence-corrected chi connectivity index (χ1v) is 9.63. The van der Waals surface area contributed by atoms with Gasteiger partial charge in [-0.1, -0.05) is 13.8 Å². The SMILES string of the molecule is CC(C)C(NC(=O)C(NC(=O)C(CO)NC(=O)C(N)Cc1cnc[nH]1)C(C)O)C(=O)O. The van der Waals surface area contributed by atoms with E-state index in [0.717, 1.165) is 0 Å². The number of aromatic amines is 1. The number of nitrogens with zero attached hydrogens (tertiary/aromatic N) is 1. The minimum atomic E-state index is -1.52. The summed E-state index contributed by atoms with van der Waals surface area (Å²) in [5, 5.41) is 35.3. The Labute approximate surface area is 178 Å². The van der Waals surface area contributed by atoms with Crippen molar-refractivity contribution in [2.75, 3.05) is 6.61 Å². The van der Waals surface area contributed by atoms with Crippen LogP contribution in [0.2, 0.25) is 0 Å². The molecule has 0 saturated heterocycles. The monoisotopic (exact) mass is 442 g/mol. The summed E-state index contributed by atoms with van der Waals surface area (Å²) >= 11 is 0. The van der Waals surface area contributed by atoms with Gasteiger partial charge in [-0.3, -0.25) is 14.4 Å². The van der Waals surface area contributed by atoms with Crippen molar-refractivity contribution >= 4 is 23.7 Å². The molecule has 13 heteroatoms. The molecule has 174 valence electrons. The van der Waals surface area contributed by atoms with Gasteiger partial charge in [0.15, 0.2) is 0 Å². The van der Waals surface area contributed by atoms with Crippen molar-refractivity contribution < 1.29 is 34.5 Å². The number of carboxylic acid groups (broad SMARTS) is 1. The van der Waals surface area contributed by atoms with Crippen LogP contribution in [0, 0.1) is 5.92 Å². The Morgan fingerprint density at radius 2 is 1.68 bits per heavy atom. The van der Waals surface area contributed by atoms with E-state index < -0.39 is 66.5 Å². The molecule has 0 bridgehead atoms. The van der Waals surface area contributed by atoms with Gasteiger partial charge in [0, 0.05) is 18.3 Å². The van der Waals surface area contributed by atoms with Gasteiger partial charge in [0.1, 0.15) is 18.1 Å². The van der Waals surface area contributed by atoms with Crippen molar-refractivity contribution in [1.29, 1.82) is 0 Å². The number of H-pyrrole nitrogens is 1. The Morgan fingerprint density at radius 1 is 1.06 bits per heavy atom. The van der Waals surface area contributed by atoms with E-state index in [4.69, 9.17) is 5.73 Å². The molecule has 0 fully saturated rings. The smallest absolute Gasteiger partial charge is 0.326 e. The predicted molar refractivity (Wildman–Crippen MR) is 107 cm³/mol. The highest BCUT2D eigenvalue weighted by Crippen LogP contribution is 2.04. The molecule has 0 radical (unpaired) electrons. The highest BCUT2D eigenvalue weighted by Gasteiger charge is 2.33. The van der Waals surface area contributed by atoms with Gasteiger partial charge < -0.3 is 42.0 Å². The third-order valence-corrected chi connectivity index (χ3v) is 4.44. The second kappa shape index (κ2) is 12.0. The third-order valence-electron chi connectivity index (χ3n) is 4.44. The van der Waals surface area contributed by atoms with E-state index >= 15 is 0 Å². The number of aliphatic hydroxyl groups is 2. The highest BCUT2D eigenvalue weighted by molar-refractivity contribution is 5.94. The van der Waals surface area contributed by atoms with Crippen LogP contribution in [0.4, 0.5) is 0 Å². The summed E-state index contributed by atoms with van der Waals surface area (Å²) in [6.07, 6.45) is 1.62. The molecule has 31 heavy (non-hydrogen) atoms. The molecule has 0 aromatic carbocycles. The molecule has 0 aliphatic heterocycles. The Kier molecular flexibility index (Phi) is 10.0. The number of aromatic nitrogens is 2. The lowest BCUT2D eigenvalue weighted by molar-refractivity contribution is -0.144. The van der Waals surface area contributed by atoms with E-state index in [9.17, 15) is 34.5 Å². The van der Waals surface area contributed by atoms with Crippen molar-refractivity contribution in [1.82, 2.24) is 25.9 Å². The van der Waals surface area contributed by atoms with Crippen LogP contribution >= 0.6 is 0 Å². The summed E-state index contributed by atoms with van der Waals surface area (Å²) in [7, 11) is 0. The summed E-state index contributed by atoms with van der Waals surface area (Å²) < 4.78 is 0. The Bertz CT molecular complexity index is 753. The second-order valence-electron chi connectivity index (χ2n) is 7.43. The maximum atomic E-state index is 12.5. The molecule has 13 nitrogen and oxygen atoms in total. The molecule has 0 saturated carbocycles. The van der Waals surface area contributed by atoms with E-state index in [1.54, 1.807) is 13.8 Å². The van der Waals surface area contributed by atoms with Gasteiger partial charge >= 0.3 is 5.97 Å². The Morgan fingerprint density at radius 3 is 2.13 bits per heavy atom. The zero-order chi connectivity index (χ0) is 23.7. The number of carbonyl (C=O) groups excluding carboxylic acids is 3. The van der Waals surface area contributed by atoms with Crippen LogP contribution in [0.25, 0.3) is 0 Å². The van der Waals surface area contributed by atoms with E-state index in [0.29, 0.717) is 5.69 Å². The van der Waals surface area contributed by atoms with Crippen LogP contribution in [0.5, 0.6) is 0 Å². The van der Waals surface area contributed by atoms with Crippen molar-refractivity contribution in [2.45, 2.75) is 57.5 Å². The maximum absolute atomic E-state index is 12.5. The molecular weight excluding hydrogens is 412 g/mol. The topological polar surface area (TPSA) is 220 Å². The van der Waals surface area contributed by atoms with Crippen LogP contribution in [0.15, 0.2) is 12.5 Å². The van der Waals surface area contributed by atoms with Crippen LogP contribution in [0.3, 0.4) is 0 Å². The number of carboxylic acids is 1. The minimum absolute atomic E-state index is 0.107. The summed E-state index contributed by atoms with van der Waals surface area (Å²) in [6, 6.07) is -5.24. The number of aliphatic hydroxyl groups excluding tert-OH is 2. The van der Waals surface area contributed by atoms with Gasteiger partial charge in [0.25, 0.3) is 0 Å². The number of rotatable bonds is 12. The van der Waals surface area contributed by atoms with Gasteiger partial charge in [0.05, 0.1) is 25.1 Å². The molecule has 0 aliphatic carbocycles. The molecule has 5 unspecified atom stereocenters. The van der Waals surface area contributed by atoms with Gasteiger partial charge in [-0.25, -0.2) is 9.78 Å². The standard InChI is InChI=1S/C18H30N6O7/c1-8(2)13(18(30)31)23-17(29)14(9(3)26)24-16(28)12(6-25)22-15(27)11(19)4-10-5-20-7-21-10/h5,7-9,11-14,25-26H,4,6,19H2,1-3H3,(H,20,21)(H,22,27)(H,23,29)(H,24,28)(H,30,31). The molecule has 5 atom stereocenters. The lowest BCUT2D eigenvalue weighted by Gasteiger charge is -2.26. The number of hydrogen-bond acceptors (Lipinski definition) is 8. The first kappa shape index (κ1) is 26.0. The summed E-state index contributed by atoms with van der Waals surface area (Å²) in [6.45, 7) is 3.59. The van der Waals surface area contributed by atoms with Crippen LogP contribution in [0.1, 0.15) is 26.5 Å². The van der Waals surface area contributed by atoms with E-state index in [-0.39, 0.29) is 6.42 Å².